The first-order valence-corrected chi connectivity index (χ1v) is 6.80. The maximum atomic E-state index is 6.13. The second kappa shape index (κ2) is 9.33. The summed E-state index contributed by atoms with van der Waals surface area (Å²) < 4.78 is 11.3. The van der Waals surface area contributed by atoms with E-state index >= 15 is 0 Å². The first-order chi connectivity index (χ1) is 8.76. The second-order valence-corrected chi connectivity index (χ2v) is 4.57. The van der Waals surface area contributed by atoms with E-state index in [0.717, 1.165) is 51.2 Å². The zero-order valence-corrected chi connectivity index (χ0v) is 11.6. The van der Waals surface area contributed by atoms with Crippen molar-refractivity contribution in [1.29, 1.82) is 0 Å². The molecular formula is C13H27N3O2. The fraction of sp³-hybridized carbons (Fsp3) is 0.846. The van der Waals surface area contributed by atoms with Gasteiger partial charge in [-0.3, -0.25) is 10.9 Å². The number of methoxy groups -OCH3 is 1. The minimum Gasteiger partial charge on any atom is -0.502 e. The predicted molar refractivity (Wildman–Crippen MR) is 73.2 cm³/mol. The van der Waals surface area contributed by atoms with E-state index in [-0.39, 0.29) is 6.10 Å². The van der Waals surface area contributed by atoms with Gasteiger partial charge in [0.1, 0.15) is 0 Å². The average Bonchev–Trinajstić information content (AvgIpc) is 2.40. The Morgan fingerprint density at radius 3 is 2.72 bits per heavy atom. The first kappa shape index (κ1) is 15.4. The van der Waals surface area contributed by atoms with Crippen LogP contribution in [0, 0.1) is 0 Å². The normalized spacial score (nSPS) is 18.6. The lowest BCUT2D eigenvalue weighted by Gasteiger charge is -2.28. The molecule has 0 spiro atoms. The molecule has 0 radical (unpaired) electrons. The van der Waals surface area contributed by atoms with Gasteiger partial charge >= 0.3 is 0 Å². The molecule has 3 N–H and O–H groups in total. The van der Waals surface area contributed by atoms with Crippen LogP contribution >= 0.6 is 0 Å². The highest BCUT2D eigenvalue weighted by Gasteiger charge is 2.19. The van der Waals surface area contributed by atoms with Crippen molar-refractivity contribution in [1.82, 2.24) is 16.2 Å². The molecule has 0 aromatic carbocycles. The maximum Gasteiger partial charge on any atom is 0.0910 e. The summed E-state index contributed by atoms with van der Waals surface area (Å²) in [5, 5.41) is 3.34. The topological polar surface area (TPSA) is 54.5 Å². The van der Waals surface area contributed by atoms with E-state index in [0.29, 0.717) is 6.10 Å². The van der Waals surface area contributed by atoms with Crippen LogP contribution in [-0.4, -0.2) is 45.5 Å². The van der Waals surface area contributed by atoms with E-state index in [1.165, 1.54) is 0 Å². The summed E-state index contributed by atoms with van der Waals surface area (Å²) >= 11 is 0. The van der Waals surface area contributed by atoms with Gasteiger partial charge in [-0.2, -0.15) is 0 Å². The average molecular weight is 257 g/mol. The number of piperidine rings is 1. The Morgan fingerprint density at radius 1 is 1.39 bits per heavy atom. The highest BCUT2D eigenvalue weighted by Crippen LogP contribution is 2.14. The molecule has 106 valence electrons. The molecule has 1 fully saturated rings. The monoisotopic (exact) mass is 257 g/mol. The molecule has 0 unspecified atom stereocenters. The van der Waals surface area contributed by atoms with Gasteiger partial charge in [-0.05, 0) is 25.9 Å². The smallest absolute Gasteiger partial charge is 0.0910 e. The van der Waals surface area contributed by atoms with Crippen molar-refractivity contribution < 1.29 is 9.47 Å². The van der Waals surface area contributed by atoms with Crippen LogP contribution in [-0.2, 0) is 9.47 Å². The molecule has 5 heteroatoms. The number of hydrazine groups is 1. The zero-order chi connectivity index (χ0) is 13.2. The van der Waals surface area contributed by atoms with Gasteiger partial charge in [-0.15, -0.1) is 0 Å². The Kier molecular flexibility index (Phi) is 8.00. The molecule has 18 heavy (non-hydrogen) atoms. The lowest BCUT2D eigenvalue weighted by molar-refractivity contribution is -0.0309. The first-order valence-electron chi connectivity index (χ1n) is 6.80. The van der Waals surface area contributed by atoms with Gasteiger partial charge in [-0.25, -0.2) is 0 Å². The quantitative estimate of drug-likeness (QED) is 0.324. The van der Waals surface area contributed by atoms with Crippen LogP contribution in [0.1, 0.15) is 26.2 Å². The molecule has 0 saturated carbocycles. The highest BCUT2D eigenvalue weighted by atomic mass is 16.5. The third-order valence-corrected chi connectivity index (χ3v) is 3.05. The minimum atomic E-state index is 0.111. The number of ether oxygens (including phenoxy) is 2. The molecule has 1 atom stereocenters. The molecule has 0 aromatic heterocycles. The van der Waals surface area contributed by atoms with Gasteiger partial charge in [-0.1, -0.05) is 13.5 Å². The van der Waals surface area contributed by atoms with Crippen LogP contribution in [0.2, 0.25) is 0 Å². The second-order valence-electron chi connectivity index (χ2n) is 4.57. The molecule has 0 aromatic rings. The Labute approximate surface area is 110 Å². The summed E-state index contributed by atoms with van der Waals surface area (Å²) in [5.74, 6) is 0.771. The summed E-state index contributed by atoms with van der Waals surface area (Å²) in [5.41, 5.74) is 6.26. The van der Waals surface area contributed by atoms with Crippen molar-refractivity contribution in [3.63, 3.8) is 0 Å². The fourth-order valence-electron chi connectivity index (χ4n) is 2.02. The van der Waals surface area contributed by atoms with Crippen LogP contribution in [0.4, 0.5) is 0 Å². The number of hydrogen-bond donors (Lipinski definition) is 3. The standard InChI is InChI=1S/C13H27N3O2/c1-4-15-16-10-13(9-11(2)17-3)18-12-5-7-14-8-6-12/h12-16H,2,4-10H2,1,3H3/t13-/m1/s1. The van der Waals surface area contributed by atoms with E-state index in [4.69, 9.17) is 9.47 Å². The van der Waals surface area contributed by atoms with Crippen molar-refractivity contribution in [3.05, 3.63) is 12.3 Å². The number of rotatable bonds is 9. The molecule has 0 amide bonds. The van der Waals surface area contributed by atoms with E-state index in [2.05, 4.69) is 29.7 Å². The van der Waals surface area contributed by atoms with Crippen molar-refractivity contribution in [2.75, 3.05) is 33.3 Å². The zero-order valence-electron chi connectivity index (χ0n) is 11.6. The van der Waals surface area contributed by atoms with Crippen molar-refractivity contribution >= 4 is 0 Å². The number of hydrogen-bond acceptors (Lipinski definition) is 5. The third-order valence-electron chi connectivity index (χ3n) is 3.05. The summed E-state index contributed by atoms with van der Waals surface area (Å²) in [4.78, 5) is 0. The molecule has 1 rings (SSSR count). The lowest BCUT2D eigenvalue weighted by atomic mass is 10.1. The Bertz CT molecular complexity index is 230. The molecule has 1 aliphatic heterocycles. The van der Waals surface area contributed by atoms with Gasteiger partial charge in [0.25, 0.3) is 0 Å². The SMILES string of the molecule is C=C(C[C@H](CNNCC)OC1CCNCC1)OC. The molecule has 0 bridgehead atoms. The Hall–Kier alpha value is -0.620. The maximum absolute atomic E-state index is 6.13. The van der Waals surface area contributed by atoms with Gasteiger partial charge < -0.3 is 14.8 Å². The molecular weight excluding hydrogens is 230 g/mol. The van der Waals surface area contributed by atoms with E-state index in [1.807, 2.05) is 0 Å². The molecule has 0 aliphatic carbocycles. The van der Waals surface area contributed by atoms with Crippen LogP contribution in [0.3, 0.4) is 0 Å². The van der Waals surface area contributed by atoms with Crippen LogP contribution in [0.15, 0.2) is 12.3 Å². The van der Waals surface area contributed by atoms with Crippen molar-refractivity contribution in [2.45, 2.75) is 38.4 Å². The van der Waals surface area contributed by atoms with Gasteiger partial charge in [0, 0.05) is 19.5 Å². The molecule has 5 nitrogen and oxygen atoms in total. The molecule has 1 heterocycles. The van der Waals surface area contributed by atoms with Gasteiger partial charge in [0.15, 0.2) is 0 Å². The minimum absolute atomic E-state index is 0.111. The summed E-state index contributed by atoms with van der Waals surface area (Å²) in [6, 6.07) is 0. The largest absolute Gasteiger partial charge is 0.502 e. The van der Waals surface area contributed by atoms with Crippen molar-refractivity contribution in [3.8, 4) is 0 Å². The summed E-state index contributed by atoms with van der Waals surface area (Å²) in [6.45, 7) is 9.68. The third kappa shape index (κ3) is 6.35. The molecule has 1 aliphatic rings. The van der Waals surface area contributed by atoms with Crippen molar-refractivity contribution in [2.24, 2.45) is 0 Å². The molecule has 1 saturated heterocycles. The predicted octanol–water partition coefficient (Wildman–Crippen LogP) is 0.788. The van der Waals surface area contributed by atoms with E-state index in [1.54, 1.807) is 7.11 Å². The van der Waals surface area contributed by atoms with Crippen LogP contribution in [0.5, 0.6) is 0 Å². The lowest BCUT2D eigenvalue weighted by Crippen LogP contribution is -2.42. The van der Waals surface area contributed by atoms with Crippen LogP contribution < -0.4 is 16.2 Å². The van der Waals surface area contributed by atoms with Gasteiger partial charge in [0.05, 0.1) is 25.1 Å². The summed E-state index contributed by atoms with van der Waals surface area (Å²) in [6.07, 6.45) is 3.36. The van der Waals surface area contributed by atoms with E-state index < -0.39 is 0 Å². The highest BCUT2D eigenvalue weighted by molar-refractivity contribution is 4.87. The fourth-order valence-corrected chi connectivity index (χ4v) is 2.02. The van der Waals surface area contributed by atoms with Crippen LogP contribution in [0.25, 0.3) is 0 Å². The van der Waals surface area contributed by atoms with Gasteiger partial charge in [0.2, 0.25) is 0 Å². The van der Waals surface area contributed by atoms with E-state index in [9.17, 15) is 0 Å². The number of nitrogens with one attached hydrogen (secondary N) is 3. The summed E-state index contributed by atoms with van der Waals surface area (Å²) in [7, 11) is 1.65. The Balaban J connectivity index is 2.34. The Morgan fingerprint density at radius 2 is 2.11 bits per heavy atom.